The zero-order valence-electron chi connectivity index (χ0n) is 17.9. The number of hydrogen-bond acceptors (Lipinski definition) is 8. The molecule has 0 saturated heterocycles. The number of carbonyl (C=O) groups excluding carboxylic acids is 2. The Morgan fingerprint density at radius 2 is 1.76 bits per heavy atom. The Bertz CT molecular complexity index is 1350. The zero-order valence-corrected chi connectivity index (χ0v) is 17.9. The fourth-order valence-corrected chi connectivity index (χ4v) is 3.44. The van der Waals surface area contributed by atoms with Gasteiger partial charge in [-0.1, -0.05) is 41.6 Å². The van der Waals surface area contributed by atoms with Gasteiger partial charge in [-0.25, -0.2) is 0 Å². The third kappa shape index (κ3) is 4.60. The summed E-state index contributed by atoms with van der Waals surface area (Å²) in [7, 11) is 0. The van der Waals surface area contributed by atoms with Gasteiger partial charge in [-0.2, -0.15) is 4.98 Å². The quantitative estimate of drug-likeness (QED) is 0.385. The molecule has 3 aromatic carbocycles. The Balaban J connectivity index is 1.07. The van der Waals surface area contributed by atoms with E-state index in [9.17, 15) is 9.59 Å². The van der Waals surface area contributed by atoms with Crippen molar-refractivity contribution in [1.82, 2.24) is 20.8 Å². The van der Waals surface area contributed by atoms with Crippen LogP contribution in [-0.4, -0.2) is 48.4 Å². The van der Waals surface area contributed by atoms with Gasteiger partial charge in [0.2, 0.25) is 12.6 Å². The molecule has 4 aromatic rings. The molecule has 0 unspecified atom stereocenters. The Labute approximate surface area is 193 Å². The van der Waals surface area contributed by atoms with E-state index in [2.05, 4.69) is 20.8 Å². The lowest BCUT2D eigenvalue weighted by Crippen LogP contribution is -2.36. The van der Waals surface area contributed by atoms with E-state index in [1.807, 2.05) is 42.5 Å². The van der Waals surface area contributed by atoms with E-state index >= 15 is 0 Å². The molecule has 10 heteroatoms. The summed E-state index contributed by atoms with van der Waals surface area (Å²) in [4.78, 5) is 28.5. The lowest BCUT2D eigenvalue weighted by atomic mass is 10.1. The van der Waals surface area contributed by atoms with Crippen molar-refractivity contribution < 1.29 is 28.3 Å². The maximum Gasteiger partial charge on any atom is 0.316 e. The van der Waals surface area contributed by atoms with Gasteiger partial charge >= 0.3 is 11.8 Å². The lowest BCUT2D eigenvalue weighted by molar-refractivity contribution is -0.123. The number of benzene rings is 3. The van der Waals surface area contributed by atoms with Crippen molar-refractivity contribution in [3.05, 3.63) is 66.6 Å². The van der Waals surface area contributed by atoms with E-state index in [1.165, 1.54) is 0 Å². The van der Waals surface area contributed by atoms with Crippen molar-refractivity contribution in [2.24, 2.45) is 0 Å². The highest BCUT2D eigenvalue weighted by Gasteiger charge is 2.19. The molecule has 172 valence electrons. The van der Waals surface area contributed by atoms with Crippen LogP contribution in [0.2, 0.25) is 0 Å². The molecule has 34 heavy (non-hydrogen) atoms. The van der Waals surface area contributed by atoms with Gasteiger partial charge < -0.3 is 29.4 Å². The maximum absolute atomic E-state index is 12.3. The molecule has 0 atom stereocenters. The number of ether oxygens (including phenoxy) is 3. The fourth-order valence-electron chi connectivity index (χ4n) is 3.44. The highest BCUT2D eigenvalue weighted by atomic mass is 16.7. The van der Waals surface area contributed by atoms with Crippen molar-refractivity contribution in [2.75, 3.05) is 26.5 Å². The SMILES string of the molecule is O=C(COc1cccc2ccccc12)NCCNC(=O)c1nc(-c2ccc3c(c2)OCO3)no1. The van der Waals surface area contributed by atoms with Crippen molar-refractivity contribution >= 4 is 22.6 Å². The van der Waals surface area contributed by atoms with E-state index in [4.69, 9.17) is 18.7 Å². The third-order valence-corrected chi connectivity index (χ3v) is 5.09. The summed E-state index contributed by atoms with van der Waals surface area (Å²) >= 11 is 0. The van der Waals surface area contributed by atoms with Crippen LogP contribution in [0.25, 0.3) is 22.2 Å². The van der Waals surface area contributed by atoms with Crippen LogP contribution in [0, 0.1) is 0 Å². The number of carbonyl (C=O) groups is 2. The Hall–Kier alpha value is -4.60. The van der Waals surface area contributed by atoms with Gasteiger partial charge in [0.1, 0.15) is 5.75 Å². The normalized spacial score (nSPS) is 11.9. The van der Waals surface area contributed by atoms with E-state index in [0.717, 1.165) is 10.8 Å². The van der Waals surface area contributed by atoms with Gasteiger partial charge in [0.15, 0.2) is 18.1 Å². The molecule has 0 saturated carbocycles. The molecule has 2 amide bonds. The van der Waals surface area contributed by atoms with Crippen LogP contribution < -0.4 is 24.8 Å². The lowest BCUT2D eigenvalue weighted by Gasteiger charge is -2.10. The van der Waals surface area contributed by atoms with Gasteiger partial charge in [0, 0.05) is 24.0 Å². The number of nitrogens with zero attached hydrogens (tertiary/aromatic N) is 2. The zero-order chi connectivity index (χ0) is 23.3. The summed E-state index contributed by atoms with van der Waals surface area (Å²) < 4.78 is 21.3. The highest BCUT2D eigenvalue weighted by molar-refractivity contribution is 5.90. The summed E-state index contributed by atoms with van der Waals surface area (Å²) in [6.07, 6.45) is 0. The minimum atomic E-state index is -0.541. The molecule has 0 fully saturated rings. The Kier molecular flexibility index (Phi) is 5.93. The molecule has 5 rings (SSSR count). The molecule has 2 N–H and O–H groups in total. The fraction of sp³-hybridized carbons (Fsp3) is 0.167. The largest absolute Gasteiger partial charge is 0.483 e. The summed E-state index contributed by atoms with van der Waals surface area (Å²) in [6, 6.07) is 18.6. The summed E-state index contributed by atoms with van der Waals surface area (Å²) in [5, 5.41) is 11.1. The van der Waals surface area contributed by atoms with Gasteiger partial charge in [0.25, 0.3) is 5.91 Å². The predicted molar refractivity (Wildman–Crippen MR) is 121 cm³/mol. The molecule has 10 nitrogen and oxygen atoms in total. The average Bonchev–Trinajstić information content (AvgIpc) is 3.54. The summed E-state index contributed by atoms with van der Waals surface area (Å²) in [6.45, 7) is 0.419. The van der Waals surface area contributed by atoms with Gasteiger partial charge in [0.05, 0.1) is 0 Å². The first-order chi connectivity index (χ1) is 16.7. The molecular weight excluding hydrogens is 440 g/mol. The van der Waals surface area contributed by atoms with Crippen LogP contribution in [0.5, 0.6) is 17.2 Å². The molecule has 0 radical (unpaired) electrons. The topological polar surface area (TPSA) is 125 Å². The second-order valence-corrected chi connectivity index (χ2v) is 7.36. The first-order valence-corrected chi connectivity index (χ1v) is 10.6. The standard InChI is InChI=1S/C24H20N4O6/c29-21(13-31-18-7-3-5-15-4-1-2-6-17(15)18)25-10-11-26-23(30)24-27-22(28-34-24)16-8-9-19-20(12-16)33-14-32-19/h1-9,12H,10-11,13-14H2,(H,25,29)(H,26,30). The Morgan fingerprint density at radius 3 is 2.71 bits per heavy atom. The average molecular weight is 460 g/mol. The molecular formula is C24H20N4O6. The molecule has 2 heterocycles. The van der Waals surface area contributed by atoms with Gasteiger partial charge in [-0.05, 0) is 29.7 Å². The van der Waals surface area contributed by atoms with Crippen LogP contribution in [0.15, 0.2) is 65.2 Å². The third-order valence-electron chi connectivity index (χ3n) is 5.09. The van der Waals surface area contributed by atoms with Crippen molar-refractivity contribution in [2.45, 2.75) is 0 Å². The molecule has 0 aliphatic carbocycles. The van der Waals surface area contributed by atoms with Crippen LogP contribution in [0.4, 0.5) is 0 Å². The number of nitrogens with one attached hydrogen (secondary N) is 2. The van der Waals surface area contributed by atoms with Crippen molar-refractivity contribution in [1.29, 1.82) is 0 Å². The minimum Gasteiger partial charge on any atom is -0.483 e. The minimum absolute atomic E-state index is 0.134. The number of amides is 2. The number of fused-ring (bicyclic) bond motifs is 2. The number of aromatic nitrogens is 2. The second kappa shape index (κ2) is 9.49. The van der Waals surface area contributed by atoms with Crippen LogP contribution in [0.3, 0.4) is 0 Å². The van der Waals surface area contributed by atoms with Gasteiger partial charge in [-0.3, -0.25) is 9.59 Å². The molecule has 0 spiro atoms. The number of rotatable bonds is 8. The first kappa shape index (κ1) is 21.3. The maximum atomic E-state index is 12.3. The van der Waals surface area contributed by atoms with E-state index in [1.54, 1.807) is 18.2 Å². The van der Waals surface area contributed by atoms with Crippen molar-refractivity contribution in [3.63, 3.8) is 0 Å². The molecule has 0 bridgehead atoms. The highest BCUT2D eigenvalue weighted by Crippen LogP contribution is 2.35. The molecule has 1 aromatic heterocycles. The summed E-state index contributed by atoms with van der Waals surface area (Å²) in [5.74, 6) is 1.07. The van der Waals surface area contributed by atoms with E-state index in [-0.39, 0.29) is 44.1 Å². The second-order valence-electron chi connectivity index (χ2n) is 7.36. The van der Waals surface area contributed by atoms with E-state index in [0.29, 0.717) is 22.8 Å². The molecule has 1 aliphatic rings. The first-order valence-electron chi connectivity index (χ1n) is 10.6. The smallest absolute Gasteiger partial charge is 0.316 e. The molecule has 1 aliphatic heterocycles. The Morgan fingerprint density at radius 1 is 0.941 bits per heavy atom. The van der Waals surface area contributed by atoms with E-state index < -0.39 is 5.91 Å². The number of hydrogen-bond donors (Lipinski definition) is 2. The van der Waals surface area contributed by atoms with Crippen LogP contribution in [0.1, 0.15) is 10.7 Å². The van der Waals surface area contributed by atoms with Crippen LogP contribution >= 0.6 is 0 Å². The van der Waals surface area contributed by atoms with Gasteiger partial charge in [-0.15, -0.1) is 0 Å². The van der Waals surface area contributed by atoms with Crippen LogP contribution in [-0.2, 0) is 4.79 Å². The summed E-state index contributed by atoms with van der Waals surface area (Å²) in [5.41, 5.74) is 0.630. The van der Waals surface area contributed by atoms with Crippen molar-refractivity contribution in [3.8, 4) is 28.6 Å². The monoisotopic (exact) mass is 460 g/mol. The predicted octanol–water partition coefficient (Wildman–Crippen LogP) is 2.54.